The van der Waals surface area contributed by atoms with Gasteiger partial charge in [0.15, 0.2) is 5.65 Å². The summed E-state index contributed by atoms with van der Waals surface area (Å²) in [6, 6.07) is 5.43. The molecule has 0 atom stereocenters. The SMILES string of the molecule is Cc1nn(C)c2ncc(CN(Cc3cc(F)cc(F)c3)c3nnn(C)n3)cc12. The number of pyridine rings is 1. The summed E-state index contributed by atoms with van der Waals surface area (Å²) in [5.41, 5.74) is 3.03. The van der Waals surface area contributed by atoms with Crippen LogP contribution in [0.1, 0.15) is 16.8 Å². The molecule has 3 heterocycles. The monoisotopic (exact) mass is 384 g/mol. The van der Waals surface area contributed by atoms with E-state index in [0.29, 0.717) is 18.1 Å². The van der Waals surface area contributed by atoms with Gasteiger partial charge in [-0.3, -0.25) is 4.68 Å². The lowest BCUT2D eigenvalue weighted by molar-refractivity contribution is 0.578. The van der Waals surface area contributed by atoms with Crippen molar-refractivity contribution in [3.05, 3.63) is 58.9 Å². The zero-order valence-electron chi connectivity index (χ0n) is 15.6. The van der Waals surface area contributed by atoms with E-state index in [0.717, 1.165) is 28.4 Å². The summed E-state index contributed by atoms with van der Waals surface area (Å²) in [6.07, 6.45) is 1.75. The summed E-state index contributed by atoms with van der Waals surface area (Å²) in [5, 5.41) is 17.5. The van der Waals surface area contributed by atoms with E-state index in [-0.39, 0.29) is 6.54 Å². The van der Waals surface area contributed by atoms with Crippen LogP contribution in [0.4, 0.5) is 14.7 Å². The molecule has 1 aromatic carbocycles. The van der Waals surface area contributed by atoms with Crippen molar-refractivity contribution in [2.75, 3.05) is 4.90 Å². The van der Waals surface area contributed by atoms with Crippen LogP contribution in [0.15, 0.2) is 30.5 Å². The Morgan fingerprint density at radius 3 is 2.36 bits per heavy atom. The molecule has 0 saturated carbocycles. The molecule has 0 saturated heterocycles. The Morgan fingerprint density at radius 2 is 1.68 bits per heavy atom. The van der Waals surface area contributed by atoms with Crippen LogP contribution in [-0.2, 0) is 27.2 Å². The van der Waals surface area contributed by atoms with Gasteiger partial charge in [-0.25, -0.2) is 13.8 Å². The van der Waals surface area contributed by atoms with Crippen molar-refractivity contribution in [2.45, 2.75) is 20.0 Å². The average molecular weight is 384 g/mol. The van der Waals surface area contributed by atoms with E-state index in [9.17, 15) is 8.78 Å². The predicted molar refractivity (Wildman–Crippen MR) is 98.3 cm³/mol. The zero-order chi connectivity index (χ0) is 19.8. The molecule has 0 amide bonds. The van der Waals surface area contributed by atoms with Crippen LogP contribution in [0.5, 0.6) is 0 Å². The lowest BCUT2D eigenvalue weighted by Crippen LogP contribution is -2.24. The fourth-order valence-electron chi connectivity index (χ4n) is 3.18. The van der Waals surface area contributed by atoms with E-state index in [1.54, 1.807) is 22.8 Å². The number of aryl methyl sites for hydroxylation is 3. The van der Waals surface area contributed by atoms with E-state index >= 15 is 0 Å². The highest BCUT2D eigenvalue weighted by atomic mass is 19.1. The van der Waals surface area contributed by atoms with Crippen molar-refractivity contribution in [3.8, 4) is 0 Å². The van der Waals surface area contributed by atoms with Gasteiger partial charge in [-0.05, 0) is 41.5 Å². The molecule has 0 aliphatic rings. The van der Waals surface area contributed by atoms with Crippen LogP contribution < -0.4 is 4.90 Å². The Kier molecular flexibility index (Phi) is 4.46. The first-order valence-corrected chi connectivity index (χ1v) is 8.61. The first kappa shape index (κ1) is 18.0. The van der Waals surface area contributed by atoms with Crippen molar-refractivity contribution >= 4 is 17.0 Å². The highest BCUT2D eigenvalue weighted by Crippen LogP contribution is 2.21. The van der Waals surface area contributed by atoms with Crippen LogP contribution in [0, 0.1) is 18.6 Å². The van der Waals surface area contributed by atoms with E-state index in [4.69, 9.17) is 0 Å². The van der Waals surface area contributed by atoms with Gasteiger partial charge in [-0.15, -0.1) is 5.10 Å². The third kappa shape index (κ3) is 3.53. The number of anilines is 1. The predicted octanol–water partition coefficient (Wildman–Crippen LogP) is 2.29. The summed E-state index contributed by atoms with van der Waals surface area (Å²) in [6.45, 7) is 2.52. The number of tetrazole rings is 1. The largest absolute Gasteiger partial charge is 0.329 e. The number of aromatic nitrogens is 7. The molecule has 0 aliphatic heterocycles. The number of fused-ring (bicyclic) bond motifs is 1. The molecule has 144 valence electrons. The number of hydrogen-bond acceptors (Lipinski definition) is 6. The zero-order valence-corrected chi connectivity index (χ0v) is 15.6. The topological polar surface area (TPSA) is 77.5 Å². The van der Waals surface area contributed by atoms with E-state index in [1.165, 1.54) is 16.9 Å². The molecule has 4 aromatic rings. The van der Waals surface area contributed by atoms with E-state index in [1.807, 2.05) is 20.0 Å². The summed E-state index contributed by atoms with van der Waals surface area (Å²) in [5.74, 6) is -0.901. The number of hydrogen-bond donors (Lipinski definition) is 0. The minimum absolute atomic E-state index is 0.213. The van der Waals surface area contributed by atoms with Crippen LogP contribution >= 0.6 is 0 Å². The number of nitrogens with zero attached hydrogens (tertiary/aromatic N) is 8. The summed E-state index contributed by atoms with van der Waals surface area (Å²) in [7, 11) is 3.50. The Labute approximate surface area is 159 Å². The molecular formula is C18H18F2N8. The minimum atomic E-state index is -0.629. The van der Waals surface area contributed by atoms with Gasteiger partial charge in [0.25, 0.3) is 5.95 Å². The second kappa shape index (κ2) is 6.95. The van der Waals surface area contributed by atoms with Gasteiger partial charge < -0.3 is 4.90 Å². The maximum atomic E-state index is 13.6. The molecule has 0 aliphatic carbocycles. The smallest absolute Gasteiger partial charge is 0.266 e. The van der Waals surface area contributed by atoms with Gasteiger partial charge in [-0.1, -0.05) is 5.10 Å². The highest BCUT2D eigenvalue weighted by molar-refractivity contribution is 5.78. The van der Waals surface area contributed by atoms with Gasteiger partial charge in [0.05, 0.1) is 12.7 Å². The lowest BCUT2D eigenvalue weighted by atomic mass is 10.1. The van der Waals surface area contributed by atoms with Gasteiger partial charge in [0.2, 0.25) is 0 Å². The highest BCUT2D eigenvalue weighted by Gasteiger charge is 2.16. The minimum Gasteiger partial charge on any atom is -0.329 e. The normalized spacial score (nSPS) is 11.3. The summed E-state index contributed by atoms with van der Waals surface area (Å²) < 4.78 is 28.9. The Balaban J connectivity index is 1.68. The first-order chi connectivity index (χ1) is 13.4. The molecule has 4 rings (SSSR count). The summed E-state index contributed by atoms with van der Waals surface area (Å²) >= 11 is 0. The number of benzene rings is 1. The molecule has 0 fully saturated rings. The van der Waals surface area contributed by atoms with Gasteiger partial charge in [0.1, 0.15) is 11.6 Å². The maximum absolute atomic E-state index is 13.6. The Morgan fingerprint density at radius 1 is 0.964 bits per heavy atom. The first-order valence-electron chi connectivity index (χ1n) is 8.61. The molecule has 28 heavy (non-hydrogen) atoms. The molecule has 0 spiro atoms. The van der Waals surface area contributed by atoms with Crippen LogP contribution in [0.2, 0.25) is 0 Å². The maximum Gasteiger partial charge on any atom is 0.266 e. The Hall–Kier alpha value is -3.43. The van der Waals surface area contributed by atoms with Crippen LogP contribution in [-0.4, -0.2) is 35.0 Å². The van der Waals surface area contributed by atoms with Crippen molar-refractivity contribution in [1.29, 1.82) is 0 Å². The number of rotatable bonds is 5. The molecule has 0 N–H and O–H groups in total. The third-order valence-corrected chi connectivity index (χ3v) is 4.37. The van der Waals surface area contributed by atoms with Crippen molar-refractivity contribution in [2.24, 2.45) is 14.1 Å². The molecule has 0 unspecified atom stereocenters. The molecular weight excluding hydrogens is 366 g/mol. The van der Waals surface area contributed by atoms with Gasteiger partial charge in [0, 0.05) is 37.8 Å². The lowest BCUT2D eigenvalue weighted by Gasteiger charge is -2.21. The van der Waals surface area contributed by atoms with Gasteiger partial charge in [-0.2, -0.15) is 9.90 Å². The second-order valence-corrected chi connectivity index (χ2v) is 6.64. The van der Waals surface area contributed by atoms with Crippen LogP contribution in [0.25, 0.3) is 11.0 Å². The standard InChI is InChI=1S/C18H18F2N8/c1-11-16-6-13(8-21-17(16)26(2)23-11)10-28(18-22-25-27(3)24-18)9-12-4-14(19)7-15(20)5-12/h4-8H,9-10H2,1-3H3. The third-order valence-electron chi connectivity index (χ3n) is 4.37. The average Bonchev–Trinajstić information content (AvgIpc) is 3.17. The fraction of sp³-hybridized carbons (Fsp3) is 0.278. The van der Waals surface area contributed by atoms with Crippen LogP contribution in [0.3, 0.4) is 0 Å². The molecule has 0 radical (unpaired) electrons. The quantitative estimate of drug-likeness (QED) is 0.525. The van der Waals surface area contributed by atoms with Crippen molar-refractivity contribution < 1.29 is 8.78 Å². The van der Waals surface area contributed by atoms with E-state index in [2.05, 4.69) is 25.5 Å². The molecule has 8 nitrogen and oxygen atoms in total. The van der Waals surface area contributed by atoms with Crippen molar-refractivity contribution in [1.82, 2.24) is 35.0 Å². The van der Waals surface area contributed by atoms with Gasteiger partial charge >= 0.3 is 0 Å². The second-order valence-electron chi connectivity index (χ2n) is 6.64. The van der Waals surface area contributed by atoms with Crippen molar-refractivity contribution in [3.63, 3.8) is 0 Å². The summed E-state index contributed by atoms with van der Waals surface area (Å²) in [4.78, 5) is 7.60. The molecule has 3 aromatic heterocycles. The molecule has 10 heteroatoms. The molecule has 0 bridgehead atoms. The fourth-order valence-corrected chi connectivity index (χ4v) is 3.18. The number of halogens is 2. The Bertz CT molecular complexity index is 1130. The van der Waals surface area contributed by atoms with E-state index < -0.39 is 11.6 Å².